The van der Waals surface area contributed by atoms with Crippen LogP contribution >= 0.6 is 11.6 Å². The van der Waals surface area contributed by atoms with Crippen LogP contribution in [-0.4, -0.2) is 27.7 Å². The summed E-state index contributed by atoms with van der Waals surface area (Å²) in [4.78, 5) is 4.31. The first kappa shape index (κ1) is 18.7. The number of aryl methyl sites for hydroxylation is 1. The summed E-state index contributed by atoms with van der Waals surface area (Å²) in [5.74, 6) is -0.0695. The van der Waals surface area contributed by atoms with E-state index < -0.39 is 18.3 Å². The molecule has 0 fully saturated rings. The lowest BCUT2D eigenvalue weighted by molar-refractivity contribution is -0.254. The lowest BCUT2D eigenvalue weighted by Crippen LogP contribution is -2.55. The lowest BCUT2D eigenvalue weighted by atomic mass is 10.0. The second-order valence-electron chi connectivity index (χ2n) is 6.67. The number of hydrogen-bond donors (Lipinski definition) is 1. The number of benzene rings is 2. The van der Waals surface area contributed by atoms with Gasteiger partial charge in [-0.05, 0) is 42.3 Å². The van der Waals surface area contributed by atoms with Crippen molar-refractivity contribution in [2.24, 2.45) is 5.10 Å². The number of halogens is 4. The molecule has 0 amide bonds. The van der Waals surface area contributed by atoms with Crippen molar-refractivity contribution < 1.29 is 18.3 Å². The summed E-state index contributed by atoms with van der Waals surface area (Å²) in [6.45, 7) is 1.78. The summed E-state index contributed by atoms with van der Waals surface area (Å²) in [7, 11) is 0. The average Bonchev–Trinajstić information content (AvgIpc) is 3.01. The van der Waals surface area contributed by atoms with E-state index in [1.165, 1.54) is 6.07 Å². The first-order valence-electron chi connectivity index (χ1n) is 8.48. The maximum atomic E-state index is 13.8. The number of hydrogen-bond acceptors (Lipinski definition) is 4. The van der Waals surface area contributed by atoms with Crippen LogP contribution in [0.1, 0.15) is 17.5 Å². The van der Waals surface area contributed by atoms with Gasteiger partial charge in [0.25, 0.3) is 5.72 Å². The molecule has 1 unspecified atom stereocenters. The highest BCUT2D eigenvalue weighted by molar-refractivity contribution is 6.30. The van der Waals surface area contributed by atoms with Gasteiger partial charge in [-0.2, -0.15) is 18.3 Å². The van der Waals surface area contributed by atoms with E-state index in [9.17, 15) is 18.3 Å². The molecule has 0 aliphatic carbocycles. The minimum Gasteiger partial charge on any atom is -0.362 e. The molecule has 3 aromatic rings. The first-order chi connectivity index (χ1) is 13.2. The summed E-state index contributed by atoms with van der Waals surface area (Å²) in [5, 5.41) is 16.6. The number of aromatic nitrogens is 1. The highest BCUT2D eigenvalue weighted by atomic mass is 35.5. The molecule has 2 heterocycles. The molecule has 1 aromatic heterocycles. The minimum absolute atomic E-state index is 0.0695. The van der Waals surface area contributed by atoms with E-state index >= 15 is 0 Å². The van der Waals surface area contributed by atoms with Gasteiger partial charge in [0.1, 0.15) is 0 Å². The third-order valence-electron chi connectivity index (χ3n) is 4.74. The quantitative estimate of drug-likeness (QED) is 0.648. The Morgan fingerprint density at radius 3 is 2.46 bits per heavy atom. The largest absolute Gasteiger partial charge is 0.438 e. The van der Waals surface area contributed by atoms with Gasteiger partial charge in [0.05, 0.1) is 17.6 Å². The van der Waals surface area contributed by atoms with Gasteiger partial charge >= 0.3 is 6.18 Å². The first-order valence-corrected chi connectivity index (χ1v) is 8.86. The smallest absolute Gasteiger partial charge is 0.362 e. The number of para-hydroxylation sites is 1. The highest BCUT2D eigenvalue weighted by Gasteiger charge is 2.62. The number of hydrazone groups is 1. The van der Waals surface area contributed by atoms with Crippen molar-refractivity contribution >= 4 is 34.0 Å². The monoisotopic (exact) mass is 405 g/mol. The molecule has 2 aromatic carbocycles. The maximum absolute atomic E-state index is 13.8. The van der Waals surface area contributed by atoms with E-state index in [4.69, 9.17) is 11.6 Å². The van der Waals surface area contributed by atoms with Crippen LogP contribution < -0.4 is 5.01 Å². The van der Waals surface area contributed by atoms with Crippen LogP contribution in [0, 0.1) is 6.92 Å². The third kappa shape index (κ3) is 3.00. The summed E-state index contributed by atoms with van der Waals surface area (Å²) in [6, 6.07) is 14.9. The molecule has 28 heavy (non-hydrogen) atoms. The van der Waals surface area contributed by atoms with E-state index in [-0.39, 0.29) is 11.5 Å². The predicted molar refractivity (Wildman–Crippen MR) is 103 cm³/mol. The van der Waals surface area contributed by atoms with Crippen molar-refractivity contribution in [3.63, 3.8) is 0 Å². The predicted octanol–water partition coefficient (Wildman–Crippen LogP) is 5.06. The fourth-order valence-electron chi connectivity index (χ4n) is 3.25. The molecular weight excluding hydrogens is 391 g/mol. The van der Waals surface area contributed by atoms with Crippen LogP contribution in [-0.2, 0) is 0 Å². The molecule has 8 heteroatoms. The van der Waals surface area contributed by atoms with Gasteiger partial charge in [-0.1, -0.05) is 41.9 Å². The van der Waals surface area contributed by atoms with Crippen molar-refractivity contribution in [2.45, 2.75) is 25.2 Å². The lowest BCUT2D eigenvalue weighted by Gasteiger charge is -2.33. The van der Waals surface area contributed by atoms with Crippen molar-refractivity contribution in [2.75, 3.05) is 5.01 Å². The van der Waals surface area contributed by atoms with Gasteiger partial charge in [0.2, 0.25) is 0 Å². The topological polar surface area (TPSA) is 48.7 Å². The van der Waals surface area contributed by atoms with Crippen molar-refractivity contribution in [3.8, 4) is 0 Å². The Labute approximate surface area is 163 Å². The van der Waals surface area contributed by atoms with Crippen LogP contribution in [0.25, 0.3) is 10.9 Å². The summed E-state index contributed by atoms with van der Waals surface area (Å²) >= 11 is 5.85. The minimum atomic E-state index is -4.94. The molecule has 1 aliphatic rings. The van der Waals surface area contributed by atoms with Gasteiger partial charge in [-0.25, -0.2) is 9.99 Å². The normalized spacial score (nSPS) is 19.9. The van der Waals surface area contributed by atoms with E-state index in [0.717, 1.165) is 10.9 Å². The average molecular weight is 406 g/mol. The molecule has 0 bridgehead atoms. The molecule has 4 rings (SSSR count). The molecule has 0 spiro atoms. The Kier molecular flexibility index (Phi) is 4.32. The second-order valence-corrected chi connectivity index (χ2v) is 7.11. The molecule has 0 saturated heterocycles. The number of alkyl halides is 3. The highest BCUT2D eigenvalue weighted by Crippen LogP contribution is 2.43. The zero-order chi connectivity index (χ0) is 20.1. The Balaban J connectivity index is 1.87. The molecule has 0 saturated carbocycles. The number of rotatable bonds is 2. The van der Waals surface area contributed by atoms with E-state index in [1.807, 2.05) is 12.1 Å². The Hall–Kier alpha value is -2.64. The molecule has 0 radical (unpaired) electrons. The summed E-state index contributed by atoms with van der Waals surface area (Å²) in [5.41, 5.74) is -1.38. The molecular formula is C20H15ClF3N3O. The fourth-order valence-corrected chi connectivity index (χ4v) is 3.38. The standard InChI is InChI=1S/C20H15ClF3N3O/c1-12-10-18(25-16-5-3-2-4-15(12)16)27-19(28,20(22,23)24)11-17(26-27)13-6-8-14(21)9-7-13/h2-10,28H,11H2,1H3. The van der Waals surface area contributed by atoms with Crippen molar-refractivity contribution in [1.29, 1.82) is 0 Å². The molecule has 4 nitrogen and oxygen atoms in total. The Bertz CT molecular complexity index is 1080. The summed E-state index contributed by atoms with van der Waals surface area (Å²) in [6.07, 6.45) is -5.66. The van der Waals surface area contributed by atoms with Gasteiger partial charge in [0.15, 0.2) is 5.82 Å². The number of aliphatic hydroxyl groups is 1. The fraction of sp³-hybridized carbons (Fsp3) is 0.200. The Morgan fingerprint density at radius 2 is 1.79 bits per heavy atom. The maximum Gasteiger partial charge on any atom is 0.438 e. The van der Waals surface area contributed by atoms with Gasteiger partial charge < -0.3 is 5.11 Å². The number of pyridine rings is 1. The van der Waals surface area contributed by atoms with Crippen LogP contribution in [0.2, 0.25) is 5.02 Å². The van der Waals surface area contributed by atoms with E-state index in [2.05, 4.69) is 10.1 Å². The molecule has 1 aliphatic heterocycles. The van der Waals surface area contributed by atoms with Crippen molar-refractivity contribution in [3.05, 3.63) is 70.7 Å². The Morgan fingerprint density at radius 1 is 1.11 bits per heavy atom. The summed E-state index contributed by atoms with van der Waals surface area (Å²) < 4.78 is 41.5. The van der Waals surface area contributed by atoms with Crippen LogP contribution in [0.3, 0.4) is 0 Å². The molecule has 144 valence electrons. The molecule has 1 N–H and O–H groups in total. The number of fused-ring (bicyclic) bond motifs is 1. The van der Waals surface area contributed by atoms with Crippen molar-refractivity contribution in [1.82, 2.24) is 4.98 Å². The van der Waals surface area contributed by atoms with E-state index in [0.29, 0.717) is 21.1 Å². The number of anilines is 1. The van der Waals surface area contributed by atoms with Crippen LogP contribution in [0.15, 0.2) is 59.7 Å². The molecule has 1 atom stereocenters. The van der Waals surface area contributed by atoms with Gasteiger partial charge in [0, 0.05) is 10.4 Å². The van der Waals surface area contributed by atoms with E-state index in [1.54, 1.807) is 43.3 Å². The zero-order valence-electron chi connectivity index (χ0n) is 14.7. The zero-order valence-corrected chi connectivity index (χ0v) is 15.5. The van der Waals surface area contributed by atoms with Gasteiger partial charge in [-0.15, -0.1) is 0 Å². The second kappa shape index (κ2) is 6.46. The van der Waals surface area contributed by atoms with Crippen LogP contribution in [0.5, 0.6) is 0 Å². The number of nitrogens with zero attached hydrogens (tertiary/aromatic N) is 3. The van der Waals surface area contributed by atoms with Crippen LogP contribution in [0.4, 0.5) is 19.0 Å². The SMILES string of the molecule is Cc1cc(N2N=C(c3ccc(Cl)cc3)CC2(O)C(F)(F)F)nc2ccccc12. The van der Waals surface area contributed by atoms with Gasteiger partial charge in [-0.3, -0.25) is 0 Å². The third-order valence-corrected chi connectivity index (χ3v) is 4.99.